The Hall–Kier alpha value is -2.60. The fraction of sp³-hybridized carbons (Fsp3) is 0.478. The minimum Gasteiger partial charge on any atom is -0.355 e. The van der Waals surface area contributed by atoms with E-state index in [2.05, 4.69) is 71.2 Å². The minimum absolute atomic E-state index is 0.0955. The lowest BCUT2D eigenvalue weighted by Crippen LogP contribution is -2.62. The van der Waals surface area contributed by atoms with Crippen LogP contribution >= 0.6 is 0 Å². The van der Waals surface area contributed by atoms with Crippen molar-refractivity contribution in [2.45, 2.75) is 64.6 Å². The molecule has 3 heterocycles. The van der Waals surface area contributed by atoms with E-state index in [1.807, 2.05) is 31.2 Å². The van der Waals surface area contributed by atoms with E-state index in [9.17, 15) is 0 Å². The Kier molecular flexibility index (Phi) is 4.77. The van der Waals surface area contributed by atoms with Crippen molar-refractivity contribution < 1.29 is 0 Å². The Labute approximate surface area is 172 Å². The molecule has 1 aromatic carbocycles. The highest BCUT2D eigenvalue weighted by Crippen LogP contribution is 2.32. The fourth-order valence-electron chi connectivity index (χ4n) is 4.66. The van der Waals surface area contributed by atoms with Crippen molar-refractivity contribution in [1.29, 1.82) is 0 Å². The second-order valence-electron chi connectivity index (χ2n) is 9.56. The number of aryl methyl sites for hydroxylation is 1. The standard InChI is InChI=1S/C23H30N6/c1-15-14-24-19-8-7-16(11-20(19)25-15)18-9-10-21(27-26-18)29(6)17-12-22(2,3)28-23(4,5)13-17/h7-11,14,17,28H,12-13H2,1-6H3. The summed E-state index contributed by atoms with van der Waals surface area (Å²) in [4.78, 5) is 11.3. The van der Waals surface area contributed by atoms with E-state index < -0.39 is 0 Å². The zero-order valence-electron chi connectivity index (χ0n) is 18.2. The molecule has 1 aliphatic heterocycles. The number of nitrogens with one attached hydrogen (secondary N) is 1. The molecule has 2 aromatic heterocycles. The Morgan fingerprint density at radius 1 is 0.966 bits per heavy atom. The molecule has 0 amide bonds. The maximum atomic E-state index is 4.57. The number of aromatic nitrogens is 4. The molecule has 1 N–H and O–H groups in total. The predicted molar refractivity (Wildman–Crippen MR) is 118 cm³/mol. The molecule has 0 radical (unpaired) electrons. The van der Waals surface area contributed by atoms with Crippen molar-refractivity contribution in [2.24, 2.45) is 0 Å². The second-order valence-corrected chi connectivity index (χ2v) is 9.56. The third kappa shape index (κ3) is 4.22. The van der Waals surface area contributed by atoms with Crippen molar-refractivity contribution in [3.8, 4) is 11.3 Å². The van der Waals surface area contributed by atoms with Crippen molar-refractivity contribution >= 4 is 16.9 Å². The summed E-state index contributed by atoms with van der Waals surface area (Å²) < 4.78 is 0. The van der Waals surface area contributed by atoms with Gasteiger partial charge >= 0.3 is 0 Å². The largest absolute Gasteiger partial charge is 0.355 e. The number of piperidine rings is 1. The summed E-state index contributed by atoms with van der Waals surface area (Å²) >= 11 is 0. The van der Waals surface area contributed by atoms with Gasteiger partial charge in [0.05, 0.1) is 22.4 Å². The van der Waals surface area contributed by atoms with E-state index >= 15 is 0 Å². The SMILES string of the molecule is Cc1cnc2ccc(-c3ccc(N(C)C4CC(C)(C)NC(C)(C)C4)nn3)cc2n1. The molecule has 6 heteroatoms. The van der Waals surface area contributed by atoms with Crippen LogP contribution in [0, 0.1) is 6.92 Å². The molecule has 1 saturated heterocycles. The number of rotatable bonds is 3. The highest BCUT2D eigenvalue weighted by atomic mass is 15.3. The summed E-state index contributed by atoms with van der Waals surface area (Å²) in [5, 5.41) is 12.8. The van der Waals surface area contributed by atoms with Gasteiger partial charge in [0.2, 0.25) is 0 Å². The van der Waals surface area contributed by atoms with Crippen LogP contribution in [0.5, 0.6) is 0 Å². The van der Waals surface area contributed by atoms with Crippen LogP contribution in [0.4, 0.5) is 5.82 Å². The summed E-state index contributed by atoms with van der Waals surface area (Å²) in [5.74, 6) is 0.906. The van der Waals surface area contributed by atoms with Gasteiger partial charge in [0.25, 0.3) is 0 Å². The topological polar surface area (TPSA) is 66.8 Å². The van der Waals surface area contributed by atoms with Gasteiger partial charge in [0.1, 0.15) is 0 Å². The van der Waals surface area contributed by atoms with E-state index in [0.717, 1.165) is 46.6 Å². The van der Waals surface area contributed by atoms with Crippen LogP contribution in [0.25, 0.3) is 22.3 Å². The molecule has 0 aliphatic carbocycles. The molecule has 0 bridgehead atoms. The first-order chi connectivity index (χ1) is 13.6. The number of nitrogens with zero attached hydrogens (tertiary/aromatic N) is 5. The van der Waals surface area contributed by atoms with E-state index in [1.165, 1.54) is 0 Å². The number of hydrogen-bond donors (Lipinski definition) is 1. The first-order valence-electron chi connectivity index (χ1n) is 10.2. The summed E-state index contributed by atoms with van der Waals surface area (Å²) in [5.41, 5.74) is 4.72. The van der Waals surface area contributed by atoms with Crippen LogP contribution in [-0.4, -0.2) is 44.3 Å². The molecular weight excluding hydrogens is 360 g/mol. The average molecular weight is 391 g/mol. The quantitative estimate of drug-likeness (QED) is 0.725. The summed E-state index contributed by atoms with van der Waals surface area (Å²) in [6.07, 6.45) is 3.92. The Morgan fingerprint density at radius 3 is 2.34 bits per heavy atom. The molecule has 6 nitrogen and oxygen atoms in total. The average Bonchev–Trinajstić information content (AvgIpc) is 2.64. The Morgan fingerprint density at radius 2 is 1.69 bits per heavy atom. The van der Waals surface area contributed by atoms with Crippen LogP contribution in [0.1, 0.15) is 46.2 Å². The molecule has 1 aliphatic rings. The van der Waals surface area contributed by atoms with Gasteiger partial charge in [0.15, 0.2) is 5.82 Å². The number of benzene rings is 1. The maximum absolute atomic E-state index is 4.57. The molecule has 0 spiro atoms. The third-order valence-electron chi connectivity index (χ3n) is 5.69. The fourth-order valence-corrected chi connectivity index (χ4v) is 4.66. The van der Waals surface area contributed by atoms with Crippen molar-refractivity contribution in [2.75, 3.05) is 11.9 Å². The lowest BCUT2D eigenvalue weighted by atomic mass is 9.79. The molecule has 152 valence electrons. The van der Waals surface area contributed by atoms with Crippen molar-refractivity contribution in [3.05, 3.63) is 42.2 Å². The smallest absolute Gasteiger partial charge is 0.151 e. The normalized spacial score (nSPS) is 18.7. The molecule has 1 fully saturated rings. The molecule has 0 atom stereocenters. The van der Waals surface area contributed by atoms with Crippen LogP contribution in [-0.2, 0) is 0 Å². The molecular formula is C23H30N6. The number of hydrogen-bond acceptors (Lipinski definition) is 6. The monoisotopic (exact) mass is 390 g/mol. The highest BCUT2D eigenvalue weighted by Gasteiger charge is 2.39. The molecule has 0 saturated carbocycles. The molecule has 0 unspecified atom stereocenters. The van der Waals surface area contributed by atoms with Crippen LogP contribution in [0.2, 0.25) is 0 Å². The van der Waals surface area contributed by atoms with Crippen molar-refractivity contribution in [1.82, 2.24) is 25.5 Å². The third-order valence-corrected chi connectivity index (χ3v) is 5.69. The van der Waals surface area contributed by atoms with Crippen LogP contribution < -0.4 is 10.2 Å². The van der Waals surface area contributed by atoms with Gasteiger partial charge in [0, 0.05) is 35.9 Å². The lowest BCUT2D eigenvalue weighted by molar-refractivity contribution is 0.160. The number of fused-ring (bicyclic) bond motifs is 1. The van der Waals surface area contributed by atoms with Gasteiger partial charge in [-0.25, -0.2) is 4.98 Å². The van der Waals surface area contributed by atoms with Gasteiger partial charge < -0.3 is 10.2 Å². The summed E-state index contributed by atoms with van der Waals surface area (Å²) in [7, 11) is 2.13. The minimum atomic E-state index is 0.0955. The zero-order chi connectivity index (χ0) is 20.8. The van der Waals surface area contributed by atoms with Crippen LogP contribution in [0.3, 0.4) is 0 Å². The Balaban J connectivity index is 1.57. The first-order valence-corrected chi connectivity index (χ1v) is 10.2. The van der Waals surface area contributed by atoms with Gasteiger partial charge in [-0.2, -0.15) is 0 Å². The van der Waals surface area contributed by atoms with Gasteiger partial charge in [-0.3, -0.25) is 4.98 Å². The van der Waals surface area contributed by atoms with Gasteiger partial charge in [-0.05, 0) is 71.7 Å². The molecule has 29 heavy (non-hydrogen) atoms. The van der Waals surface area contributed by atoms with Gasteiger partial charge in [-0.15, -0.1) is 10.2 Å². The second kappa shape index (κ2) is 7.02. The summed E-state index contributed by atoms with van der Waals surface area (Å²) in [6, 6.07) is 10.6. The van der Waals surface area contributed by atoms with E-state index in [-0.39, 0.29) is 11.1 Å². The zero-order valence-corrected chi connectivity index (χ0v) is 18.2. The predicted octanol–water partition coefficient (Wildman–Crippen LogP) is 4.14. The van der Waals surface area contributed by atoms with Gasteiger partial charge in [-0.1, -0.05) is 6.07 Å². The number of anilines is 1. The highest BCUT2D eigenvalue weighted by molar-refractivity contribution is 5.80. The molecule has 4 rings (SSSR count). The molecule has 3 aromatic rings. The first kappa shape index (κ1) is 19.7. The maximum Gasteiger partial charge on any atom is 0.151 e. The Bertz CT molecular complexity index is 1010. The lowest BCUT2D eigenvalue weighted by Gasteiger charge is -2.49. The van der Waals surface area contributed by atoms with E-state index in [1.54, 1.807) is 6.20 Å². The van der Waals surface area contributed by atoms with Crippen molar-refractivity contribution in [3.63, 3.8) is 0 Å². The summed E-state index contributed by atoms with van der Waals surface area (Å²) in [6.45, 7) is 11.0. The van der Waals surface area contributed by atoms with E-state index in [4.69, 9.17) is 0 Å². The van der Waals surface area contributed by atoms with Crippen LogP contribution in [0.15, 0.2) is 36.5 Å². The van der Waals surface area contributed by atoms with E-state index in [0.29, 0.717) is 6.04 Å².